The van der Waals surface area contributed by atoms with Crippen LogP contribution >= 0.6 is 0 Å². The Morgan fingerprint density at radius 1 is 1.17 bits per heavy atom. The smallest absolute Gasteiger partial charge is 0.0294 e. The van der Waals surface area contributed by atoms with Gasteiger partial charge in [0.05, 0.1) is 0 Å². The highest BCUT2D eigenvalue weighted by molar-refractivity contribution is 4.97. The molecule has 0 heteroatoms. The van der Waals surface area contributed by atoms with Gasteiger partial charge in [-0.2, -0.15) is 0 Å². The fourth-order valence-corrected chi connectivity index (χ4v) is 2.39. The van der Waals surface area contributed by atoms with E-state index in [2.05, 4.69) is 20.8 Å². The monoisotopic (exact) mass is 168 g/mol. The van der Waals surface area contributed by atoms with Crippen LogP contribution in [0.4, 0.5) is 0 Å². The molecule has 0 radical (unpaired) electrons. The summed E-state index contributed by atoms with van der Waals surface area (Å²) >= 11 is 0. The molecule has 1 rings (SSSR count). The van der Waals surface area contributed by atoms with Gasteiger partial charge in [0.2, 0.25) is 0 Å². The maximum atomic E-state index is 2.49. The molecule has 2 atom stereocenters. The van der Waals surface area contributed by atoms with E-state index < -0.39 is 0 Å². The van der Waals surface area contributed by atoms with E-state index >= 15 is 0 Å². The van der Waals surface area contributed by atoms with Gasteiger partial charge in [-0.1, -0.05) is 52.9 Å². The van der Waals surface area contributed by atoms with Crippen molar-refractivity contribution in [3.05, 3.63) is 0 Å². The average Bonchev–Trinajstić information content (AvgIpc) is 2.64. The van der Waals surface area contributed by atoms with Crippen molar-refractivity contribution < 1.29 is 0 Å². The summed E-state index contributed by atoms with van der Waals surface area (Å²) in [4.78, 5) is 0. The molecule has 12 heavy (non-hydrogen) atoms. The highest BCUT2D eigenvalue weighted by Gasteiger charge is 2.47. The molecular weight excluding hydrogens is 144 g/mol. The normalized spacial score (nSPS) is 33.8. The van der Waals surface area contributed by atoms with Crippen molar-refractivity contribution in [3.8, 4) is 0 Å². The predicted molar refractivity (Wildman–Crippen MR) is 55.3 cm³/mol. The van der Waals surface area contributed by atoms with Gasteiger partial charge in [0.15, 0.2) is 0 Å². The molecule has 0 heterocycles. The molecule has 0 N–H and O–H groups in total. The Hall–Kier alpha value is 0. The molecule has 0 aromatic carbocycles. The van der Waals surface area contributed by atoms with Gasteiger partial charge in [-0.25, -0.2) is 0 Å². The number of hydrogen-bond acceptors (Lipinski definition) is 0. The zero-order chi connectivity index (χ0) is 9.03. The molecule has 0 nitrogen and oxygen atoms in total. The summed E-state index contributed by atoms with van der Waals surface area (Å²) in [6.45, 7) is 7.09. The van der Waals surface area contributed by atoms with E-state index in [1.807, 2.05) is 0 Å². The molecule has 1 aliphatic rings. The first kappa shape index (κ1) is 10.1. The summed E-state index contributed by atoms with van der Waals surface area (Å²) < 4.78 is 0. The molecule has 0 amide bonds. The molecular formula is C12H24. The van der Waals surface area contributed by atoms with Crippen LogP contribution in [0, 0.1) is 11.3 Å². The van der Waals surface area contributed by atoms with Crippen molar-refractivity contribution in [2.75, 3.05) is 0 Å². The summed E-state index contributed by atoms with van der Waals surface area (Å²) in [5.41, 5.74) is 0.769. The first-order chi connectivity index (χ1) is 5.73. The Morgan fingerprint density at radius 2 is 1.92 bits per heavy atom. The van der Waals surface area contributed by atoms with Gasteiger partial charge in [-0.15, -0.1) is 0 Å². The Morgan fingerprint density at radius 3 is 2.50 bits per heavy atom. The minimum atomic E-state index is 0.769. The predicted octanol–water partition coefficient (Wildman–Crippen LogP) is 4.39. The largest absolute Gasteiger partial charge is 0.0654 e. The van der Waals surface area contributed by atoms with Gasteiger partial charge >= 0.3 is 0 Å². The molecule has 0 spiro atoms. The van der Waals surface area contributed by atoms with E-state index in [9.17, 15) is 0 Å². The van der Waals surface area contributed by atoms with E-state index in [0.717, 1.165) is 11.3 Å². The summed E-state index contributed by atoms with van der Waals surface area (Å²) in [6, 6.07) is 0. The second-order valence-corrected chi connectivity index (χ2v) is 4.80. The van der Waals surface area contributed by atoms with Crippen LogP contribution in [0.1, 0.15) is 65.7 Å². The average molecular weight is 168 g/mol. The van der Waals surface area contributed by atoms with E-state index in [4.69, 9.17) is 0 Å². The zero-order valence-electron chi connectivity index (χ0n) is 9.03. The van der Waals surface area contributed by atoms with Crippen LogP contribution in [0.2, 0.25) is 0 Å². The first-order valence-electron chi connectivity index (χ1n) is 5.73. The first-order valence-corrected chi connectivity index (χ1v) is 5.73. The number of hydrogen-bond donors (Lipinski definition) is 0. The minimum absolute atomic E-state index is 0.769. The lowest BCUT2D eigenvalue weighted by Gasteiger charge is -2.09. The highest BCUT2D eigenvalue weighted by atomic mass is 14.5. The van der Waals surface area contributed by atoms with Gasteiger partial charge in [0, 0.05) is 0 Å². The quantitative estimate of drug-likeness (QED) is 0.516. The maximum absolute atomic E-state index is 2.49. The Labute approximate surface area is 77.7 Å². The third kappa shape index (κ3) is 2.50. The van der Waals surface area contributed by atoms with Gasteiger partial charge < -0.3 is 0 Å². The summed E-state index contributed by atoms with van der Waals surface area (Å²) in [5, 5.41) is 0. The fourth-order valence-electron chi connectivity index (χ4n) is 2.39. The highest BCUT2D eigenvalue weighted by Crippen LogP contribution is 2.57. The molecule has 0 bridgehead atoms. The van der Waals surface area contributed by atoms with Crippen LogP contribution in [-0.2, 0) is 0 Å². The van der Waals surface area contributed by atoms with Gasteiger partial charge in [-0.3, -0.25) is 0 Å². The lowest BCUT2D eigenvalue weighted by molar-refractivity contribution is 0.422. The fraction of sp³-hybridized carbons (Fsp3) is 1.00. The van der Waals surface area contributed by atoms with E-state index in [1.54, 1.807) is 0 Å². The number of unbranched alkanes of at least 4 members (excludes halogenated alkanes) is 2. The second kappa shape index (κ2) is 4.30. The third-order valence-electron chi connectivity index (χ3n) is 3.53. The van der Waals surface area contributed by atoms with Crippen molar-refractivity contribution in [1.29, 1.82) is 0 Å². The molecule has 72 valence electrons. The lowest BCUT2D eigenvalue weighted by atomic mass is 9.96. The van der Waals surface area contributed by atoms with Crippen LogP contribution in [0.3, 0.4) is 0 Å². The van der Waals surface area contributed by atoms with Crippen molar-refractivity contribution in [2.45, 2.75) is 65.7 Å². The van der Waals surface area contributed by atoms with E-state index in [0.29, 0.717) is 0 Å². The Bertz CT molecular complexity index is 128. The van der Waals surface area contributed by atoms with Crippen LogP contribution in [0.15, 0.2) is 0 Å². The summed E-state index contributed by atoms with van der Waals surface area (Å²) in [6.07, 6.45) is 10.1. The van der Waals surface area contributed by atoms with E-state index in [1.165, 1.54) is 44.9 Å². The second-order valence-electron chi connectivity index (χ2n) is 4.80. The minimum Gasteiger partial charge on any atom is -0.0654 e. The van der Waals surface area contributed by atoms with Crippen LogP contribution in [0.25, 0.3) is 0 Å². The molecule has 1 aliphatic carbocycles. The standard InChI is InChI=1S/C12H24/c1-4-6-7-9-12(3)10-11(12)8-5-2/h11H,4-10H2,1-3H3. The molecule has 2 unspecified atom stereocenters. The molecule has 0 aromatic rings. The molecule has 1 saturated carbocycles. The molecule has 0 aliphatic heterocycles. The zero-order valence-corrected chi connectivity index (χ0v) is 9.03. The van der Waals surface area contributed by atoms with Crippen molar-refractivity contribution >= 4 is 0 Å². The Balaban J connectivity index is 2.08. The number of rotatable bonds is 6. The molecule has 0 saturated heterocycles. The third-order valence-corrected chi connectivity index (χ3v) is 3.53. The Kier molecular flexibility index (Phi) is 3.61. The SMILES string of the molecule is CCCCCC1(C)CC1CCC. The maximum Gasteiger partial charge on any atom is -0.0294 e. The van der Waals surface area contributed by atoms with Gasteiger partial charge in [0.1, 0.15) is 0 Å². The van der Waals surface area contributed by atoms with Gasteiger partial charge in [-0.05, 0) is 24.2 Å². The lowest BCUT2D eigenvalue weighted by Crippen LogP contribution is -1.97. The van der Waals surface area contributed by atoms with Crippen LogP contribution in [-0.4, -0.2) is 0 Å². The van der Waals surface area contributed by atoms with Crippen LogP contribution < -0.4 is 0 Å². The summed E-state index contributed by atoms with van der Waals surface area (Å²) in [7, 11) is 0. The molecule has 1 fully saturated rings. The van der Waals surface area contributed by atoms with E-state index in [-0.39, 0.29) is 0 Å². The van der Waals surface area contributed by atoms with Gasteiger partial charge in [0.25, 0.3) is 0 Å². The van der Waals surface area contributed by atoms with Crippen LogP contribution in [0.5, 0.6) is 0 Å². The van der Waals surface area contributed by atoms with Crippen molar-refractivity contribution in [3.63, 3.8) is 0 Å². The topological polar surface area (TPSA) is 0 Å². The van der Waals surface area contributed by atoms with Crippen molar-refractivity contribution in [1.82, 2.24) is 0 Å². The molecule has 0 aromatic heterocycles. The van der Waals surface area contributed by atoms with Crippen molar-refractivity contribution in [2.24, 2.45) is 11.3 Å². The summed E-state index contributed by atoms with van der Waals surface area (Å²) in [5.74, 6) is 1.08.